The first-order valence-corrected chi connectivity index (χ1v) is 7.88. The molecule has 0 N–H and O–H groups in total. The number of carbonyl (C=O) groups excluding carboxylic acids is 1. The zero-order valence-electron chi connectivity index (χ0n) is 13.2. The molecule has 0 bridgehead atoms. The molecule has 1 amide bonds. The van der Waals surface area contributed by atoms with Crippen molar-refractivity contribution in [1.29, 1.82) is 0 Å². The van der Waals surface area contributed by atoms with Gasteiger partial charge in [-0.25, -0.2) is 0 Å². The average Bonchev–Trinajstić information content (AvgIpc) is 3.24. The summed E-state index contributed by atoms with van der Waals surface area (Å²) < 4.78 is 16.2. The highest BCUT2D eigenvalue weighted by atomic mass is 16.5. The third kappa shape index (κ3) is 2.77. The summed E-state index contributed by atoms with van der Waals surface area (Å²) in [5.41, 5.74) is 1.10. The van der Waals surface area contributed by atoms with E-state index in [-0.39, 0.29) is 18.1 Å². The molecular weight excluding hydrogens is 282 g/mol. The van der Waals surface area contributed by atoms with Crippen molar-refractivity contribution in [2.45, 2.75) is 37.8 Å². The first kappa shape index (κ1) is 15.2. The van der Waals surface area contributed by atoms with Gasteiger partial charge in [-0.2, -0.15) is 0 Å². The molecule has 22 heavy (non-hydrogen) atoms. The molecule has 0 unspecified atom stereocenters. The SMILES string of the molecule is COc1ccc([C@@H]2CCCN2C(=O)[C@@H]2CCCO2)cc1OC. The summed E-state index contributed by atoms with van der Waals surface area (Å²) in [5.74, 6) is 1.55. The molecule has 3 rings (SSSR count). The Hall–Kier alpha value is -1.75. The van der Waals surface area contributed by atoms with Crippen LogP contribution in [0.2, 0.25) is 0 Å². The molecule has 2 heterocycles. The molecule has 2 saturated heterocycles. The van der Waals surface area contributed by atoms with Crippen molar-refractivity contribution in [3.63, 3.8) is 0 Å². The number of likely N-dealkylation sites (tertiary alicyclic amines) is 1. The second-order valence-corrected chi connectivity index (χ2v) is 5.81. The molecule has 5 heteroatoms. The van der Waals surface area contributed by atoms with E-state index in [1.807, 2.05) is 23.1 Å². The van der Waals surface area contributed by atoms with Crippen LogP contribution in [0.25, 0.3) is 0 Å². The first-order chi connectivity index (χ1) is 10.7. The Kier molecular flexibility index (Phi) is 4.52. The maximum absolute atomic E-state index is 12.7. The maximum Gasteiger partial charge on any atom is 0.252 e. The van der Waals surface area contributed by atoms with Crippen LogP contribution in [0.5, 0.6) is 11.5 Å². The highest BCUT2D eigenvalue weighted by molar-refractivity contribution is 5.82. The van der Waals surface area contributed by atoms with Crippen molar-refractivity contribution in [2.24, 2.45) is 0 Å². The molecule has 1 aromatic rings. The molecule has 5 nitrogen and oxygen atoms in total. The molecule has 2 aliphatic heterocycles. The van der Waals surface area contributed by atoms with E-state index < -0.39 is 0 Å². The Labute approximate surface area is 131 Å². The third-order valence-electron chi connectivity index (χ3n) is 4.53. The standard InChI is InChI=1S/C17H23NO4/c1-20-14-8-7-12(11-16(14)21-2)13-5-3-9-18(13)17(19)15-6-4-10-22-15/h7-8,11,13,15H,3-6,9-10H2,1-2H3/t13-,15-/m0/s1. The van der Waals surface area contributed by atoms with Crippen LogP contribution in [0.15, 0.2) is 18.2 Å². The van der Waals surface area contributed by atoms with Gasteiger partial charge in [0.2, 0.25) is 0 Å². The zero-order valence-corrected chi connectivity index (χ0v) is 13.2. The van der Waals surface area contributed by atoms with Gasteiger partial charge in [0.1, 0.15) is 6.10 Å². The molecule has 2 atom stereocenters. The Morgan fingerprint density at radius 1 is 1.18 bits per heavy atom. The van der Waals surface area contributed by atoms with Crippen LogP contribution in [0.3, 0.4) is 0 Å². The number of benzene rings is 1. The summed E-state index contributed by atoms with van der Waals surface area (Å²) in [4.78, 5) is 14.6. The predicted octanol–water partition coefficient (Wildman–Crippen LogP) is 2.55. The molecule has 2 fully saturated rings. The number of methoxy groups -OCH3 is 2. The van der Waals surface area contributed by atoms with E-state index in [4.69, 9.17) is 14.2 Å². The lowest BCUT2D eigenvalue weighted by atomic mass is 10.0. The van der Waals surface area contributed by atoms with Gasteiger partial charge in [0.05, 0.1) is 20.3 Å². The second-order valence-electron chi connectivity index (χ2n) is 5.81. The molecule has 120 valence electrons. The van der Waals surface area contributed by atoms with E-state index in [0.717, 1.165) is 37.8 Å². The minimum absolute atomic E-state index is 0.108. The highest BCUT2D eigenvalue weighted by Crippen LogP contribution is 2.37. The van der Waals surface area contributed by atoms with Gasteiger partial charge >= 0.3 is 0 Å². The molecule has 0 spiro atoms. The van der Waals surface area contributed by atoms with E-state index in [1.54, 1.807) is 14.2 Å². The Balaban J connectivity index is 1.82. The van der Waals surface area contributed by atoms with Gasteiger partial charge < -0.3 is 19.1 Å². The van der Waals surface area contributed by atoms with E-state index in [1.165, 1.54) is 0 Å². The van der Waals surface area contributed by atoms with Crippen molar-refractivity contribution in [2.75, 3.05) is 27.4 Å². The number of amides is 1. The second kappa shape index (κ2) is 6.57. The average molecular weight is 305 g/mol. The Morgan fingerprint density at radius 2 is 2.00 bits per heavy atom. The number of hydrogen-bond acceptors (Lipinski definition) is 4. The van der Waals surface area contributed by atoms with E-state index in [2.05, 4.69) is 0 Å². The fourth-order valence-electron chi connectivity index (χ4n) is 3.39. The van der Waals surface area contributed by atoms with Crippen LogP contribution in [0.1, 0.15) is 37.3 Å². The van der Waals surface area contributed by atoms with Crippen molar-refractivity contribution in [3.05, 3.63) is 23.8 Å². The fraction of sp³-hybridized carbons (Fsp3) is 0.588. The Morgan fingerprint density at radius 3 is 2.68 bits per heavy atom. The smallest absolute Gasteiger partial charge is 0.252 e. The Bertz CT molecular complexity index is 539. The first-order valence-electron chi connectivity index (χ1n) is 7.88. The summed E-state index contributed by atoms with van der Waals surface area (Å²) in [6.07, 6.45) is 3.57. The minimum Gasteiger partial charge on any atom is -0.493 e. The third-order valence-corrected chi connectivity index (χ3v) is 4.53. The van der Waals surface area contributed by atoms with Gasteiger partial charge in [-0.1, -0.05) is 6.07 Å². The minimum atomic E-state index is -0.249. The summed E-state index contributed by atoms with van der Waals surface area (Å²) >= 11 is 0. The zero-order chi connectivity index (χ0) is 15.5. The lowest BCUT2D eigenvalue weighted by Crippen LogP contribution is -2.38. The summed E-state index contributed by atoms with van der Waals surface area (Å²) in [7, 11) is 3.26. The number of rotatable bonds is 4. The van der Waals surface area contributed by atoms with Gasteiger partial charge in [0, 0.05) is 13.2 Å². The molecule has 0 radical (unpaired) electrons. The number of hydrogen-bond donors (Lipinski definition) is 0. The summed E-state index contributed by atoms with van der Waals surface area (Å²) in [6, 6.07) is 6.01. The van der Waals surface area contributed by atoms with Crippen LogP contribution < -0.4 is 9.47 Å². The molecule has 0 aliphatic carbocycles. The topological polar surface area (TPSA) is 48.0 Å². The number of ether oxygens (including phenoxy) is 3. The van der Waals surface area contributed by atoms with Crippen LogP contribution in [-0.4, -0.2) is 44.3 Å². The lowest BCUT2D eigenvalue weighted by Gasteiger charge is -2.27. The van der Waals surface area contributed by atoms with E-state index in [9.17, 15) is 4.79 Å². The predicted molar refractivity (Wildman–Crippen MR) is 82.2 cm³/mol. The van der Waals surface area contributed by atoms with Crippen LogP contribution >= 0.6 is 0 Å². The monoisotopic (exact) mass is 305 g/mol. The van der Waals surface area contributed by atoms with Crippen LogP contribution in [0.4, 0.5) is 0 Å². The molecule has 0 saturated carbocycles. The summed E-state index contributed by atoms with van der Waals surface area (Å²) in [6.45, 7) is 1.50. The van der Waals surface area contributed by atoms with Crippen molar-refractivity contribution < 1.29 is 19.0 Å². The van der Waals surface area contributed by atoms with Gasteiger partial charge in [0.15, 0.2) is 11.5 Å². The number of carbonyl (C=O) groups is 1. The molecule has 2 aliphatic rings. The van der Waals surface area contributed by atoms with Crippen molar-refractivity contribution in [1.82, 2.24) is 4.90 Å². The van der Waals surface area contributed by atoms with Crippen molar-refractivity contribution >= 4 is 5.91 Å². The van der Waals surface area contributed by atoms with E-state index in [0.29, 0.717) is 18.1 Å². The maximum atomic E-state index is 12.7. The molecular formula is C17H23NO4. The largest absolute Gasteiger partial charge is 0.493 e. The van der Waals surface area contributed by atoms with Crippen molar-refractivity contribution in [3.8, 4) is 11.5 Å². The highest BCUT2D eigenvalue weighted by Gasteiger charge is 2.36. The normalized spacial score (nSPS) is 24.5. The number of nitrogens with zero attached hydrogens (tertiary/aromatic N) is 1. The summed E-state index contributed by atoms with van der Waals surface area (Å²) in [5, 5.41) is 0. The van der Waals surface area contributed by atoms with Crippen LogP contribution in [-0.2, 0) is 9.53 Å². The van der Waals surface area contributed by atoms with Gasteiger partial charge in [0.25, 0.3) is 5.91 Å². The molecule has 1 aromatic carbocycles. The quantitative estimate of drug-likeness (QED) is 0.858. The lowest BCUT2D eigenvalue weighted by molar-refractivity contribution is -0.141. The van der Waals surface area contributed by atoms with Gasteiger partial charge in [-0.15, -0.1) is 0 Å². The fourth-order valence-corrected chi connectivity index (χ4v) is 3.39. The van der Waals surface area contributed by atoms with Crippen LogP contribution in [0, 0.1) is 0 Å². The van der Waals surface area contributed by atoms with E-state index >= 15 is 0 Å². The molecule has 0 aromatic heterocycles. The van der Waals surface area contributed by atoms with Gasteiger partial charge in [-0.05, 0) is 43.4 Å². The van der Waals surface area contributed by atoms with Gasteiger partial charge in [-0.3, -0.25) is 4.79 Å².